The van der Waals surface area contributed by atoms with Gasteiger partial charge in [0.2, 0.25) is 0 Å². The highest BCUT2D eigenvalue weighted by Crippen LogP contribution is 2.47. The van der Waals surface area contributed by atoms with Crippen LogP contribution in [0.5, 0.6) is 0 Å². The van der Waals surface area contributed by atoms with Crippen LogP contribution >= 0.6 is 0 Å². The van der Waals surface area contributed by atoms with Crippen LogP contribution in [0.15, 0.2) is 12.2 Å². The Labute approximate surface area is 89.2 Å². The summed E-state index contributed by atoms with van der Waals surface area (Å²) in [5.41, 5.74) is 0.623. The van der Waals surface area contributed by atoms with Gasteiger partial charge in [0.15, 0.2) is 0 Å². The van der Waals surface area contributed by atoms with Gasteiger partial charge in [0.1, 0.15) is 0 Å². The minimum atomic E-state index is 0.623. The molecule has 0 saturated heterocycles. The predicted molar refractivity (Wildman–Crippen MR) is 63.5 cm³/mol. The van der Waals surface area contributed by atoms with Gasteiger partial charge in [-0.05, 0) is 39.5 Å². The molecule has 1 fully saturated rings. The number of nitrogens with zero attached hydrogens (tertiary/aromatic N) is 1. The third-order valence-electron chi connectivity index (χ3n) is 3.30. The Balaban J connectivity index is 0.000000461. The van der Waals surface area contributed by atoms with Crippen molar-refractivity contribution in [2.75, 3.05) is 6.54 Å². The highest BCUT2D eigenvalue weighted by Gasteiger charge is 2.47. The van der Waals surface area contributed by atoms with E-state index in [4.69, 9.17) is 0 Å². The summed E-state index contributed by atoms with van der Waals surface area (Å²) in [7, 11) is 0. The molecule has 1 heteroatoms. The fourth-order valence-corrected chi connectivity index (χ4v) is 2.44. The van der Waals surface area contributed by atoms with Gasteiger partial charge in [0, 0.05) is 18.1 Å². The molecule has 0 aromatic rings. The van der Waals surface area contributed by atoms with Crippen molar-refractivity contribution in [3.05, 3.63) is 12.2 Å². The lowest BCUT2D eigenvalue weighted by molar-refractivity contribution is 0.149. The van der Waals surface area contributed by atoms with Gasteiger partial charge in [-0.15, -0.1) is 0 Å². The Morgan fingerprint density at radius 2 is 1.71 bits per heavy atom. The van der Waals surface area contributed by atoms with E-state index in [2.05, 4.69) is 30.9 Å². The molecule has 0 unspecified atom stereocenters. The Hall–Kier alpha value is -0.300. The summed E-state index contributed by atoms with van der Waals surface area (Å²) in [6.07, 6.45) is 10.3. The minimum Gasteiger partial charge on any atom is -0.292 e. The first-order valence-corrected chi connectivity index (χ1v) is 6.16. The van der Waals surface area contributed by atoms with E-state index in [0.29, 0.717) is 5.54 Å². The van der Waals surface area contributed by atoms with Crippen molar-refractivity contribution in [2.24, 2.45) is 0 Å². The van der Waals surface area contributed by atoms with Gasteiger partial charge in [-0.25, -0.2) is 0 Å². The summed E-state index contributed by atoms with van der Waals surface area (Å²) >= 11 is 0. The maximum absolute atomic E-state index is 2.68. The largest absolute Gasteiger partial charge is 0.292 e. The normalized spacial score (nSPS) is 24.4. The maximum atomic E-state index is 2.68. The molecule has 0 amide bonds. The minimum absolute atomic E-state index is 0.623. The zero-order chi connectivity index (χ0) is 10.6. The van der Waals surface area contributed by atoms with Gasteiger partial charge in [-0.3, -0.25) is 4.90 Å². The summed E-state index contributed by atoms with van der Waals surface area (Å²) in [6.45, 7) is 9.82. The molecule has 82 valence electrons. The van der Waals surface area contributed by atoms with Crippen molar-refractivity contribution in [1.82, 2.24) is 4.90 Å². The van der Waals surface area contributed by atoms with E-state index < -0.39 is 0 Å². The molecule has 1 nitrogen and oxygen atoms in total. The Bertz CT molecular complexity index is 189. The molecule has 1 aliphatic carbocycles. The van der Waals surface area contributed by atoms with E-state index in [1.165, 1.54) is 32.2 Å². The van der Waals surface area contributed by atoms with Crippen molar-refractivity contribution < 1.29 is 0 Å². The molecule has 1 aliphatic heterocycles. The summed E-state index contributed by atoms with van der Waals surface area (Å²) in [5.74, 6) is 0. The molecule has 1 spiro atoms. The van der Waals surface area contributed by atoms with Crippen LogP contribution in [0.1, 0.15) is 53.4 Å². The smallest absolute Gasteiger partial charge is 0.0219 e. The number of allylic oxidation sites excluding steroid dienone is 1. The zero-order valence-corrected chi connectivity index (χ0v) is 10.2. The van der Waals surface area contributed by atoms with Gasteiger partial charge < -0.3 is 0 Å². The molecule has 0 bridgehead atoms. The first-order chi connectivity index (χ1) is 6.75. The maximum Gasteiger partial charge on any atom is 0.0219 e. The van der Waals surface area contributed by atoms with Crippen LogP contribution in [0.2, 0.25) is 0 Å². The van der Waals surface area contributed by atoms with Gasteiger partial charge in [0.25, 0.3) is 0 Å². The van der Waals surface area contributed by atoms with E-state index >= 15 is 0 Å². The average molecular weight is 195 g/mol. The summed E-state index contributed by atoms with van der Waals surface area (Å²) in [6, 6.07) is 0.718. The van der Waals surface area contributed by atoms with Crippen molar-refractivity contribution in [3.63, 3.8) is 0 Å². The second kappa shape index (κ2) is 4.97. The lowest BCUT2D eigenvalue weighted by Gasteiger charge is -2.33. The molecule has 0 aromatic carbocycles. The zero-order valence-electron chi connectivity index (χ0n) is 10.2. The molecule has 1 heterocycles. The van der Waals surface area contributed by atoms with Gasteiger partial charge in [-0.1, -0.05) is 26.0 Å². The third-order valence-corrected chi connectivity index (χ3v) is 3.30. The second-order valence-electron chi connectivity index (χ2n) is 4.48. The number of hydrogen-bond donors (Lipinski definition) is 0. The Morgan fingerprint density at radius 3 is 2.21 bits per heavy atom. The van der Waals surface area contributed by atoms with E-state index in [0.717, 1.165) is 6.04 Å². The first kappa shape index (κ1) is 11.8. The van der Waals surface area contributed by atoms with Gasteiger partial charge >= 0.3 is 0 Å². The lowest BCUT2D eigenvalue weighted by Crippen LogP contribution is -2.41. The number of rotatable bonds is 1. The summed E-state index contributed by atoms with van der Waals surface area (Å²) in [5, 5.41) is 0. The lowest BCUT2D eigenvalue weighted by atomic mass is 10.1. The summed E-state index contributed by atoms with van der Waals surface area (Å²) in [4.78, 5) is 2.68. The molecule has 2 rings (SSSR count). The van der Waals surface area contributed by atoms with Crippen LogP contribution < -0.4 is 0 Å². The molecule has 14 heavy (non-hydrogen) atoms. The molecule has 0 radical (unpaired) electrons. The molecule has 2 aliphatic rings. The fourth-order valence-electron chi connectivity index (χ4n) is 2.44. The Kier molecular flexibility index (Phi) is 4.18. The van der Waals surface area contributed by atoms with E-state index in [-0.39, 0.29) is 0 Å². The molecule has 0 aromatic heterocycles. The summed E-state index contributed by atoms with van der Waals surface area (Å²) < 4.78 is 0. The van der Waals surface area contributed by atoms with Crippen LogP contribution in [0.4, 0.5) is 0 Å². The van der Waals surface area contributed by atoms with E-state index in [1.807, 2.05) is 13.8 Å². The van der Waals surface area contributed by atoms with Crippen LogP contribution in [0, 0.1) is 0 Å². The Morgan fingerprint density at radius 1 is 1.07 bits per heavy atom. The van der Waals surface area contributed by atoms with Crippen LogP contribution in [0.3, 0.4) is 0 Å². The molecular weight excluding hydrogens is 170 g/mol. The van der Waals surface area contributed by atoms with Crippen molar-refractivity contribution in [3.8, 4) is 0 Å². The molecular formula is C13H25N. The topological polar surface area (TPSA) is 3.24 Å². The standard InChI is InChI=1S/C11H19N.C2H6/c1-10(2)12-9-5-3-4-6-11(12)7-8-11;1-2/h3,5,10H,4,6-9H2,1-2H3;1-2H3. The average Bonchev–Trinajstić information content (AvgIpc) is 2.98. The van der Waals surface area contributed by atoms with Gasteiger partial charge in [-0.2, -0.15) is 0 Å². The monoisotopic (exact) mass is 195 g/mol. The van der Waals surface area contributed by atoms with Crippen molar-refractivity contribution in [1.29, 1.82) is 0 Å². The van der Waals surface area contributed by atoms with E-state index in [1.54, 1.807) is 0 Å². The SMILES string of the molecule is CC.CC(C)N1CC=CCCC12CC2. The van der Waals surface area contributed by atoms with E-state index in [9.17, 15) is 0 Å². The van der Waals surface area contributed by atoms with Crippen molar-refractivity contribution in [2.45, 2.75) is 65.0 Å². The highest BCUT2D eigenvalue weighted by atomic mass is 15.2. The quantitative estimate of drug-likeness (QED) is 0.578. The van der Waals surface area contributed by atoms with Crippen LogP contribution in [-0.4, -0.2) is 23.0 Å². The molecule has 1 saturated carbocycles. The van der Waals surface area contributed by atoms with Crippen molar-refractivity contribution >= 4 is 0 Å². The molecule has 0 atom stereocenters. The van der Waals surface area contributed by atoms with Gasteiger partial charge in [0.05, 0.1) is 0 Å². The molecule has 0 N–H and O–H groups in total. The van der Waals surface area contributed by atoms with Crippen LogP contribution in [-0.2, 0) is 0 Å². The first-order valence-electron chi connectivity index (χ1n) is 6.16. The highest BCUT2D eigenvalue weighted by molar-refractivity contribution is 5.09. The third kappa shape index (κ3) is 2.38. The number of hydrogen-bond acceptors (Lipinski definition) is 1. The fraction of sp³-hybridized carbons (Fsp3) is 0.846. The second-order valence-corrected chi connectivity index (χ2v) is 4.48. The van der Waals surface area contributed by atoms with Crippen LogP contribution in [0.25, 0.3) is 0 Å². The predicted octanol–water partition coefficient (Wildman–Crippen LogP) is 3.61.